The van der Waals surface area contributed by atoms with E-state index in [9.17, 15) is 4.79 Å². The molecule has 1 saturated carbocycles. The zero-order valence-electron chi connectivity index (χ0n) is 10.9. The van der Waals surface area contributed by atoms with Gasteiger partial charge >= 0.3 is 0 Å². The van der Waals surface area contributed by atoms with Crippen LogP contribution in [0.4, 0.5) is 0 Å². The summed E-state index contributed by atoms with van der Waals surface area (Å²) in [6, 6.07) is 0. The molecule has 2 N–H and O–H groups in total. The van der Waals surface area contributed by atoms with Crippen LogP contribution in [0.1, 0.15) is 26.2 Å². The second kappa shape index (κ2) is 6.36. The van der Waals surface area contributed by atoms with Crippen molar-refractivity contribution >= 4 is 5.91 Å². The largest absolute Gasteiger partial charge is 0.355 e. The molecule has 1 saturated heterocycles. The Balaban J connectivity index is 1.61. The number of hydrogen-bond acceptors (Lipinski definition) is 3. The van der Waals surface area contributed by atoms with Crippen molar-refractivity contribution in [2.75, 3.05) is 39.3 Å². The molecule has 2 fully saturated rings. The van der Waals surface area contributed by atoms with Crippen LogP contribution in [0.2, 0.25) is 0 Å². The van der Waals surface area contributed by atoms with Crippen molar-refractivity contribution in [3.63, 3.8) is 0 Å². The Bertz CT molecular complexity index is 245. The second-order valence-electron chi connectivity index (χ2n) is 5.50. The molecule has 0 aromatic heterocycles. The number of nitrogens with one attached hydrogen (secondary N) is 2. The maximum absolute atomic E-state index is 11.8. The van der Waals surface area contributed by atoms with Crippen molar-refractivity contribution in [2.45, 2.75) is 26.2 Å². The highest BCUT2D eigenvalue weighted by Crippen LogP contribution is 2.35. The third-order valence-corrected chi connectivity index (χ3v) is 3.85. The van der Waals surface area contributed by atoms with Gasteiger partial charge < -0.3 is 10.6 Å². The fraction of sp³-hybridized carbons (Fsp3) is 0.923. The fourth-order valence-corrected chi connectivity index (χ4v) is 2.43. The third kappa shape index (κ3) is 4.64. The smallest absolute Gasteiger partial charge is 0.234 e. The molecule has 1 aliphatic carbocycles. The van der Waals surface area contributed by atoms with Gasteiger partial charge in [0.25, 0.3) is 0 Å². The van der Waals surface area contributed by atoms with E-state index < -0.39 is 0 Å². The van der Waals surface area contributed by atoms with Gasteiger partial charge in [-0.2, -0.15) is 0 Å². The first-order valence-electron chi connectivity index (χ1n) is 6.95. The molecule has 0 radical (unpaired) electrons. The van der Waals surface area contributed by atoms with E-state index in [1.807, 2.05) is 0 Å². The average Bonchev–Trinajstić information content (AvgIpc) is 3.13. The van der Waals surface area contributed by atoms with Gasteiger partial charge in [0.05, 0.1) is 6.54 Å². The van der Waals surface area contributed by atoms with Crippen LogP contribution >= 0.6 is 0 Å². The summed E-state index contributed by atoms with van der Waals surface area (Å²) >= 11 is 0. The van der Waals surface area contributed by atoms with Crippen molar-refractivity contribution < 1.29 is 4.79 Å². The van der Waals surface area contributed by atoms with Crippen LogP contribution < -0.4 is 10.6 Å². The Hall–Kier alpha value is -0.610. The second-order valence-corrected chi connectivity index (χ2v) is 5.50. The van der Waals surface area contributed by atoms with Crippen molar-refractivity contribution in [3.8, 4) is 0 Å². The lowest BCUT2D eigenvalue weighted by Gasteiger charge is -2.19. The van der Waals surface area contributed by atoms with Crippen LogP contribution in [0.25, 0.3) is 0 Å². The quantitative estimate of drug-likeness (QED) is 0.732. The molecular weight excluding hydrogens is 214 g/mol. The summed E-state index contributed by atoms with van der Waals surface area (Å²) in [6.07, 6.45) is 3.86. The van der Waals surface area contributed by atoms with E-state index in [1.54, 1.807) is 0 Å². The molecule has 1 atom stereocenters. The number of nitrogens with zero attached hydrogens (tertiary/aromatic N) is 1. The molecule has 1 amide bonds. The summed E-state index contributed by atoms with van der Waals surface area (Å²) in [5.41, 5.74) is 0. The maximum atomic E-state index is 11.8. The fourth-order valence-electron chi connectivity index (χ4n) is 2.43. The van der Waals surface area contributed by atoms with Crippen LogP contribution in [-0.4, -0.2) is 50.1 Å². The van der Waals surface area contributed by atoms with E-state index in [2.05, 4.69) is 22.5 Å². The van der Waals surface area contributed by atoms with Gasteiger partial charge in [-0.3, -0.25) is 9.69 Å². The van der Waals surface area contributed by atoms with Crippen LogP contribution in [0.5, 0.6) is 0 Å². The van der Waals surface area contributed by atoms with Gasteiger partial charge in [-0.05, 0) is 44.2 Å². The lowest BCUT2D eigenvalue weighted by atomic mass is 10.1. The first kappa shape index (κ1) is 12.8. The van der Waals surface area contributed by atoms with Gasteiger partial charge in [0.1, 0.15) is 0 Å². The van der Waals surface area contributed by atoms with Gasteiger partial charge in [0.15, 0.2) is 0 Å². The molecule has 98 valence electrons. The summed E-state index contributed by atoms with van der Waals surface area (Å²) < 4.78 is 0. The molecule has 1 aliphatic heterocycles. The zero-order chi connectivity index (χ0) is 12.1. The Morgan fingerprint density at radius 2 is 2.24 bits per heavy atom. The highest BCUT2D eigenvalue weighted by Gasteiger charge is 2.27. The van der Waals surface area contributed by atoms with Crippen LogP contribution in [0.3, 0.4) is 0 Å². The molecule has 4 heteroatoms. The highest BCUT2D eigenvalue weighted by atomic mass is 16.2. The lowest BCUT2D eigenvalue weighted by molar-refractivity contribution is -0.122. The molecule has 1 heterocycles. The van der Waals surface area contributed by atoms with Crippen LogP contribution in [0, 0.1) is 11.8 Å². The standard InChI is InChI=1S/C13H25N3O/c1-11(12-3-4-12)9-15-13(17)10-16-7-2-5-14-6-8-16/h11-12,14H,2-10H2,1H3,(H,15,17). The summed E-state index contributed by atoms with van der Waals surface area (Å²) in [7, 11) is 0. The van der Waals surface area contributed by atoms with Gasteiger partial charge in [-0.25, -0.2) is 0 Å². The van der Waals surface area contributed by atoms with E-state index >= 15 is 0 Å². The molecule has 0 spiro atoms. The molecular formula is C13H25N3O. The first-order valence-corrected chi connectivity index (χ1v) is 6.95. The highest BCUT2D eigenvalue weighted by molar-refractivity contribution is 5.78. The summed E-state index contributed by atoms with van der Waals surface area (Å²) in [6.45, 7) is 7.79. The van der Waals surface area contributed by atoms with E-state index in [0.29, 0.717) is 12.5 Å². The number of rotatable bonds is 5. The number of carbonyl (C=O) groups is 1. The van der Waals surface area contributed by atoms with E-state index in [0.717, 1.165) is 45.1 Å². The van der Waals surface area contributed by atoms with Crippen molar-refractivity contribution in [3.05, 3.63) is 0 Å². The Morgan fingerprint density at radius 3 is 3.00 bits per heavy atom. The SMILES string of the molecule is CC(CNC(=O)CN1CCCNCC1)C1CC1. The van der Waals surface area contributed by atoms with Gasteiger partial charge in [0, 0.05) is 19.6 Å². The summed E-state index contributed by atoms with van der Waals surface area (Å²) in [5.74, 6) is 1.72. The van der Waals surface area contributed by atoms with Crippen LogP contribution in [0.15, 0.2) is 0 Å². The normalized spacial score (nSPS) is 24.1. The summed E-state index contributed by atoms with van der Waals surface area (Å²) in [4.78, 5) is 14.0. The van der Waals surface area contributed by atoms with E-state index in [-0.39, 0.29) is 5.91 Å². The van der Waals surface area contributed by atoms with E-state index in [1.165, 1.54) is 12.8 Å². The maximum Gasteiger partial charge on any atom is 0.234 e. The molecule has 2 rings (SSSR count). The Morgan fingerprint density at radius 1 is 1.41 bits per heavy atom. The molecule has 4 nitrogen and oxygen atoms in total. The minimum absolute atomic E-state index is 0.194. The molecule has 0 bridgehead atoms. The monoisotopic (exact) mass is 239 g/mol. The van der Waals surface area contributed by atoms with Crippen molar-refractivity contribution in [2.24, 2.45) is 11.8 Å². The zero-order valence-corrected chi connectivity index (χ0v) is 10.9. The van der Waals surface area contributed by atoms with Crippen molar-refractivity contribution in [1.29, 1.82) is 0 Å². The van der Waals surface area contributed by atoms with Gasteiger partial charge in [0.2, 0.25) is 5.91 Å². The van der Waals surface area contributed by atoms with Gasteiger partial charge in [-0.1, -0.05) is 6.92 Å². The minimum atomic E-state index is 0.194. The molecule has 2 aliphatic rings. The Kier molecular flexibility index (Phi) is 4.80. The topological polar surface area (TPSA) is 44.4 Å². The van der Waals surface area contributed by atoms with Crippen LogP contribution in [-0.2, 0) is 4.79 Å². The third-order valence-electron chi connectivity index (χ3n) is 3.85. The number of amides is 1. The first-order chi connectivity index (χ1) is 8.25. The average molecular weight is 239 g/mol. The number of hydrogen-bond donors (Lipinski definition) is 2. The molecule has 1 unspecified atom stereocenters. The number of carbonyl (C=O) groups excluding carboxylic acids is 1. The van der Waals surface area contributed by atoms with E-state index in [4.69, 9.17) is 0 Å². The Labute approximate surface area is 104 Å². The van der Waals surface area contributed by atoms with Crippen molar-refractivity contribution in [1.82, 2.24) is 15.5 Å². The molecule has 17 heavy (non-hydrogen) atoms. The predicted octanol–water partition coefficient (Wildman–Crippen LogP) is 0.444. The lowest BCUT2D eigenvalue weighted by Crippen LogP contribution is -2.40. The van der Waals surface area contributed by atoms with Gasteiger partial charge in [-0.15, -0.1) is 0 Å². The predicted molar refractivity (Wildman–Crippen MR) is 68.8 cm³/mol. The minimum Gasteiger partial charge on any atom is -0.355 e. The summed E-state index contributed by atoms with van der Waals surface area (Å²) in [5, 5.41) is 6.42. The molecule has 0 aromatic carbocycles. The molecule has 0 aromatic rings.